The first-order valence-electron chi connectivity index (χ1n) is 9.17. The molecule has 0 radical (unpaired) electrons. The van der Waals surface area contributed by atoms with Crippen LogP contribution in [-0.4, -0.2) is 63.7 Å². The van der Waals surface area contributed by atoms with Crippen molar-refractivity contribution in [1.82, 2.24) is 14.4 Å². The predicted molar refractivity (Wildman–Crippen MR) is 96.9 cm³/mol. The number of aromatic nitrogens is 1. The van der Waals surface area contributed by atoms with Gasteiger partial charge in [0.05, 0.1) is 6.10 Å². The summed E-state index contributed by atoms with van der Waals surface area (Å²) in [4.78, 5) is 17.0. The van der Waals surface area contributed by atoms with Crippen molar-refractivity contribution in [2.45, 2.75) is 31.4 Å². The molecule has 1 saturated heterocycles. The van der Waals surface area contributed by atoms with Crippen LogP contribution in [0.4, 0.5) is 0 Å². The molecule has 1 aliphatic carbocycles. The van der Waals surface area contributed by atoms with Gasteiger partial charge in [-0.1, -0.05) is 0 Å². The molecule has 1 amide bonds. The van der Waals surface area contributed by atoms with Crippen molar-refractivity contribution in [3.8, 4) is 5.69 Å². The highest BCUT2D eigenvalue weighted by molar-refractivity contribution is 5.94. The molecule has 5 heteroatoms. The molecule has 1 aromatic carbocycles. The van der Waals surface area contributed by atoms with Crippen LogP contribution in [0, 0.1) is 0 Å². The normalized spacial score (nSPS) is 24.6. The second-order valence-corrected chi connectivity index (χ2v) is 7.03. The highest BCUT2D eigenvalue weighted by Gasteiger charge is 2.33. The first kappa shape index (κ1) is 16.4. The zero-order valence-corrected chi connectivity index (χ0v) is 14.4. The summed E-state index contributed by atoms with van der Waals surface area (Å²) in [6.45, 7) is 3.19. The van der Waals surface area contributed by atoms with Gasteiger partial charge >= 0.3 is 0 Å². The lowest BCUT2D eigenvalue weighted by Crippen LogP contribution is -2.53. The maximum absolute atomic E-state index is 12.7. The summed E-state index contributed by atoms with van der Waals surface area (Å²) in [6, 6.07) is 12.0. The molecule has 2 aromatic rings. The van der Waals surface area contributed by atoms with Crippen LogP contribution >= 0.6 is 0 Å². The molecule has 4 rings (SSSR count). The van der Waals surface area contributed by atoms with Crippen LogP contribution in [0.25, 0.3) is 5.69 Å². The van der Waals surface area contributed by atoms with Crippen LogP contribution < -0.4 is 0 Å². The average Bonchev–Trinajstić information content (AvgIpc) is 3.33. The maximum Gasteiger partial charge on any atom is 0.253 e. The molecule has 2 heterocycles. The van der Waals surface area contributed by atoms with E-state index in [1.54, 1.807) is 0 Å². The number of rotatable bonds is 3. The van der Waals surface area contributed by atoms with E-state index in [0.717, 1.165) is 56.7 Å². The molecule has 0 unspecified atom stereocenters. The van der Waals surface area contributed by atoms with Gasteiger partial charge in [-0.2, -0.15) is 0 Å². The molecule has 5 nitrogen and oxygen atoms in total. The molecule has 0 spiro atoms. The van der Waals surface area contributed by atoms with Crippen LogP contribution in [0.1, 0.15) is 29.6 Å². The van der Waals surface area contributed by atoms with E-state index in [2.05, 4.69) is 4.90 Å². The van der Waals surface area contributed by atoms with Crippen molar-refractivity contribution in [3.05, 3.63) is 54.4 Å². The van der Waals surface area contributed by atoms with Crippen LogP contribution in [0.3, 0.4) is 0 Å². The van der Waals surface area contributed by atoms with Crippen molar-refractivity contribution >= 4 is 5.91 Å². The number of carbonyl (C=O) groups excluding carboxylic acids is 1. The fraction of sp³-hybridized carbons (Fsp3) is 0.450. The second kappa shape index (κ2) is 7.02. The minimum atomic E-state index is -0.191. The van der Waals surface area contributed by atoms with Crippen molar-refractivity contribution in [1.29, 1.82) is 0 Å². The SMILES string of the molecule is O=C(c1ccc(-n2cccc2)cc1)N1CCN([C@@H]2CCC[C@H]2O)CC1. The van der Waals surface area contributed by atoms with Gasteiger partial charge in [0.1, 0.15) is 0 Å². The average molecular weight is 339 g/mol. The largest absolute Gasteiger partial charge is 0.391 e. The molecule has 2 aliphatic rings. The third-order valence-electron chi connectivity index (χ3n) is 5.53. The first-order chi connectivity index (χ1) is 12.2. The molecule has 1 aromatic heterocycles. The van der Waals surface area contributed by atoms with Gasteiger partial charge in [0.2, 0.25) is 0 Å². The number of carbonyl (C=O) groups is 1. The highest BCUT2D eigenvalue weighted by atomic mass is 16.3. The Bertz CT molecular complexity index is 703. The van der Waals surface area contributed by atoms with E-state index in [1.165, 1.54) is 0 Å². The van der Waals surface area contributed by atoms with Crippen LogP contribution in [0.2, 0.25) is 0 Å². The Morgan fingerprint density at radius 3 is 2.24 bits per heavy atom. The number of aliphatic hydroxyl groups is 1. The molecular formula is C20H25N3O2. The molecule has 1 aliphatic heterocycles. The Morgan fingerprint density at radius 2 is 1.64 bits per heavy atom. The summed E-state index contributed by atoms with van der Waals surface area (Å²) >= 11 is 0. The lowest BCUT2D eigenvalue weighted by Gasteiger charge is -2.39. The molecule has 2 fully saturated rings. The minimum Gasteiger partial charge on any atom is -0.391 e. The van der Waals surface area contributed by atoms with Gasteiger partial charge in [0.25, 0.3) is 5.91 Å². The minimum absolute atomic E-state index is 0.102. The molecule has 1 saturated carbocycles. The summed E-state index contributed by atoms with van der Waals surface area (Å²) in [5.41, 5.74) is 1.80. The van der Waals surface area contributed by atoms with Crippen molar-refractivity contribution in [2.75, 3.05) is 26.2 Å². The quantitative estimate of drug-likeness (QED) is 0.932. The predicted octanol–water partition coefficient (Wildman–Crippen LogP) is 2.15. The van der Waals surface area contributed by atoms with Crippen molar-refractivity contribution in [3.63, 3.8) is 0 Å². The molecule has 25 heavy (non-hydrogen) atoms. The smallest absolute Gasteiger partial charge is 0.253 e. The third-order valence-corrected chi connectivity index (χ3v) is 5.53. The Morgan fingerprint density at radius 1 is 0.960 bits per heavy atom. The monoisotopic (exact) mass is 339 g/mol. The summed E-state index contributed by atoms with van der Waals surface area (Å²) in [5, 5.41) is 10.1. The van der Waals surface area contributed by atoms with E-state index in [1.807, 2.05) is 58.3 Å². The molecule has 2 atom stereocenters. The number of hydrogen-bond acceptors (Lipinski definition) is 3. The number of benzene rings is 1. The van der Waals surface area contributed by atoms with E-state index in [4.69, 9.17) is 0 Å². The second-order valence-electron chi connectivity index (χ2n) is 7.03. The fourth-order valence-corrected chi connectivity index (χ4v) is 4.07. The van der Waals surface area contributed by atoms with E-state index >= 15 is 0 Å². The maximum atomic E-state index is 12.7. The third kappa shape index (κ3) is 3.34. The highest BCUT2D eigenvalue weighted by Crippen LogP contribution is 2.25. The van der Waals surface area contributed by atoms with Gasteiger partial charge in [-0.15, -0.1) is 0 Å². The van der Waals surface area contributed by atoms with Gasteiger partial charge in [0, 0.05) is 55.9 Å². The van der Waals surface area contributed by atoms with Crippen molar-refractivity contribution < 1.29 is 9.90 Å². The number of hydrogen-bond donors (Lipinski definition) is 1. The fourth-order valence-electron chi connectivity index (χ4n) is 4.07. The first-order valence-corrected chi connectivity index (χ1v) is 9.17. The van der Waals surface area contributed by atoms with Crippen LogP contribution in [-0.2, 0) is 0 Å². The van der Waals surface area contributed by atoms with E-state index < -0.39 is 0 Å². The van der Waals surface area contributed by atoms with Gasteiger partial charge < -0.3 is 14.6 Å². The van der Waals surface area contributed by atoms with Crippen LogP contribution in [0.5, 0.6) is 0 Å². The number of amides is 1. The Labute approximate surface area is 148 Å². The van der Waals surface area contributed by atoms with Crippen molar-refractivity contribution in [2.24, 2.45) is 0 Å². The lowest BCUT2D eigenvalue weighted by molar-refractivity contribution is 0.0315. The van der Waals surface area contributed by atoms with Gasteiger partial charge in [0.15, 0.2) is 0 Å². The van der Waals surface area contributed by atoms with E-state index in [-0.39, 0.29) is 18.1 Å². The van der Waals surface area contributed by atoms with E-state index in [0.29, 0.717) is 0 Å². The number of piperazine rings is 1. The molecular weight excluding hydrogens is 314 g/mol. The summed E-state index contributed by atoms with van der Waals surface area (Å²) in [5.74, 6) is 0.102. The summed E-state index contributed by atoms with van der Waals surface area (Å²) in [6.07, 6.45) is 6.90. The standard InChI is InChI=1S/C20H25N3O2/c24-19-5-3-4-18(19)22-12-14-23(15-13-22)20(25)16-6-8-17(9-7-16)21-10-1-2-11-21/h1-2,6-11,18-19,24H,3-5,12-15H2/t18-,19-/m1/s1. The summed E-state index contributed by atoms with van der Waals surface area (Å²) in [7, 11) is 0. The van der Waals surface area contributed by atoms with Crippen LogP contribution in [0.15, 0.2) is 48.8 Å². The van der Waals surface area contributed by atoms with Gasteiger partial charge in [-0.3, -0.25) is 9.69 Å². The Kier molecular flexibility index (Phi) is 4.59. The topological polar surface area (TPSA) is 48.7 Å². The molecule has 0 bridgehead atoms. The summed E-state index contributed by atoms with van der Waals surface area (Å²) < 4.78 is 2.03. The lowest BCUT2D eigenvalue weighted by atomic mass is 10.1. The van der Waals surface area contributed by atoms with E-state index in [9.17, 15) is 9.90 Å². The van der Waals surface area contributed by atoms with Gasteiger partial charge in [-0.25, -0.2) is 0 Å². The Balaban J connectivity index is 1.37. The van der Waals surface area contributed by atoms with Gasteiger partial charge in [-0.05, 0) is 55.7 Å². The number of nitrogens with zero attached hydrogens (tertiary/aromatic N) is 3. The molecule has 1 N–H and O–H groups in total. The zero-order chi connectivity index (χ0) is 17.2. The molecule has 132 valence electrons. The zero-order valence-electron chi connectivity index (χ0n) is 14.4. The number of aliphatic hydroxyl groups excluding tert-OH is 1. The Hall–Kier alpha value is -2.11.